The number of aromatic nitrogens is 2. The Morgan fingerprint density at radius 2 is 1.77 bits per heavy atom. The molecule has 2 N–H and O–H groups in total. The predicted molar refractivity (Wildman–Crippen MR) is 95.7 cm³/mol. The number of fused-ring (bicyclic) bond motifs is 1. The minimum Gasteiger partial charge on any atom is -0.452 e. The summed E-state index contributed by atoms with van der Waals surface area (Å²) in [6.07, 6.45) is 0.737. The summed E-state index contributed by atoms with van der Waals surface area (Å²) >= 11 is 0. The van der Waals surface area contributed by atoms with Crippen LogP contribution in [0.25, 0.3) is 11.0 Å². The van der Waals surface area contributed by atoms with E-state index in [4.69, 9.17) is 4.74 Å². The minimum atomic E-state index is -0.703. The van der Waals surface area contributed by atoms with Crippen molar-refractivity contribution in [3.05, 3.63) is 35.2 Å². The van der Waals surface area contributed by atoms with E-state index < -0.39 is 24.5 Å². The van der Waals surface area contributed by atoms with Crippen LogP contribution in [0.2, 0.25) is 0 Å². The van der Waals surface area contributed by atoms with E-state index in [0.717, 1.165) is 17.8 Å². The van der Waals surface area contributed by atoms with Gasteiger partial charge in [-0.2, -0.15) is 0 Å². The molecule has 1 atom stereocenters. The van der Waals surface area contributed by atoms with Crippen molar-refractivity contribution in [3.8, 4) is 0 Å². The van der Waals surface area contributed by atoms with Crippen LogP contribution in [0, 0.1) is 13.8 Å². The van der Waals surface area contributed by atoms with Gasteiger partial charge in [0, 0.05) is 6.04 Å². The maximum absolute atomic E-state index is 12.1. The first-order valence-corrected chi connectivity index (χ1v) is 8.32. The van der Waals surface area contributed by atoms with Gasteiger partial charge >= 0.3 is 12.0 Å². The Kier molecular flexibility index (Phi) is 6.21. The lowest BCUT2D eigenvalue weighted by atomic mass is 10.2. The number of amides is 3. The van der Waals surface area contributed by atoms with Crippen LogP contribution in [0.5, 0.6) is 0 Å². The van der Waals surface area contributed by atoms with Crippen molar-refractivity contribution in [2.75, 3.05) is 6.61 Å². The van der Waals surface area contributed by atoms with Gasteiger partial charge < -0.3 is 10.1 Å². The van der Waals surface area contributed by atoms with Crippen molar-refractivity contribution < 1.29 is 19.1 Å². The van der Waals surface area contributed by atoms with E-state index in [-0.39, 0.29) is 11.6 Å². The SMILES string of the molecule is CC[C@@H](C)NC(=O)NC(=O)COC(=O)c1ccc2nc(C)c(C)nc2c1. The van der Waals surface area contributed by atoms with Gasteiger partial charge in [-0.25, -0.2) is 19.6 Å². The van der Waals surface area contributed by atoms with Crippen LogP contribution in [0.4, 0.5) is 4.79 Å². The van der Waals surface area contributed by atoms with E-state index in [2.05, 4.69) is 20.6 Å². The molecule has 138 valence electrons. The molecule has 0 spiro atoms. The molecule has 1 heterocycles. The Morgan fingerprint density at radius 1 is 1.12 bits per heavy atom. The Morgan fingerprint density at radius 3 is 2.42 bits per heavy atom. The fourth-order valence-corrected chi connectivity index (χ4v) is 2.10. The normalized spacial score (nSPS) is 11.7. The van der Waals surface area contributed by atoms with E-state index in [1.165, 1.54) is 0 Å². The summed E-state index contributed by atoms with van der Waals surface area (Å²) < 4.78 is 4.95. The Balaban J connectivity index is 1.95. The zero-order chi connectivity index (χ0) is 19.3. The van der Waals surface area contributed by atoms with Crippen LogP contribution in [0.3, 0.4) is 0 Å². The third kappa shape index (κ3) is 4.98. The zero-order valence-corrected chi connectivity index (χ0v) is 15.3. The molecule has 8 nitrogen and oxygen atoms in total. The van der Waals surface area contributed by atoms with Crippen molar-refractivity contribution in [1.29, 1.82) is 0 Å². The molecule has 1 aromatic heterocycles. The van der Waals surface area contributed by atoms with Gasteiger partial charge in [0.25, 0.3) is 5.91 Å². The van der Waals surface area contributed by atoms with Crippen LogP contribution in [-0.2, 0) is 9.53 Å². The highest BCUT2D eigenvalue weighted by molar-refractivity contribution is 5.98. The first-order chi connectivity index (χ1) is 12.3. The van der Waals surface area contributed by atoms with E-state index in [1.807, 2.05) is 27.7 Å². The van der Waals surface area contributed by atoms with Crippen molar-refractivity contribution >= 4 is 28.9 Å². The Labute approximate surface area is 151 Å². The van der Waals surface area contributed by atoms with Crippen molar-refractivity contribution in [2.24, 2.45) is 0 Å². The number of nitrogens with zero attached hydrogens (tertiary/aromatic N) is 2. The fraction of sp³-hybridized carbons (Fsp3) is 0.389. The summed E-state index contributed by atoms with van der Waals surface area (Å²) in [5.41, 5.74) is 3.09. The molecule has 0 saturated carbocycles. The summed E-state index contributed by atoms with van der Waals surface area (Å²) in [6.45, 7) is 6.87. The number of nitrogens with one attached hydrogen (secondary N) is 2. The molecule has 2 aromatic rings. The second-order valence-electron chi connectivity index (χ2n) is 6.00. The molecule has 0 bridgehead atoms. The molecule has 0 unspecified atom stereocenters. The minimum absolute atomic E-state index is 0.0591. The number of esters is 1. The van der Waals surface area contributed by atoms with Crippen LogP contribution >= 0.6 is 0 Å². The van der Waals surface area contributed by atoms with Gasteiger partial charge in [-0.1, -0.05) is 6.92 Å². The lowest BCUT2D eigenvalue weighted by Crippen LogP contribution is -2.44. The maximum Gasteiger partial charge on any atom is 0.338 e. The number of urea groups is 1. The van der Waals surface area contributed by atoms with E-state index in [0.29, 0.717) is 11.0 Å². The monoisotopic (exact) mass is 358 g/mol. The average Bonchev–Trinajstić information content (AvgIpc) is 2.60. The number of hydrogen-bond donors (Lipinski definition) is 2. The summed E-state index contributed by atoms with van der Waals surface area (Å²) in [5, 5.41) is 4.69. The van der Waals surface area contributed by atoms with Crippen LogP contribution < -0.4 is 10.6 Å². The highest BCUT2D eigenvalue weighted by atomic mass is 16.5. The number of imide groups is 1. The highest BCUT2D eigenvalue weighted by Gasteiger charge is 2.14. The van der Waals surface area contributed by atoms with Crippen LogP contribution in [-0.4, -0.2) is 40.5 Å². The highest BCUT2D eigenvalue weighted by Crippen LogP contribution is 2.15. The Bertz CT molecular complexity index is 850. The summed E-state index contributed by atoms with van der Waals surface area (Å²) in [7, 11) is 0. The predicted octanol–water partition coefficient (Wildman–Crippen LogP) is 2.03. The van der Waals surface area contributed by atoms with Gasteiger partial charge in [0.2, 0.25) is 0 Å². The van der Waals surface area contributed by atoms with Gasteiger partial charge in [0.1, 0.15) is 0 Å². The molecule has 8 heteroatoms. The standard InChI is InChI=1S/C18H22N4O4/c1-5-10(2)19-18(25)22-16(23)9-26-17(24)13-6-7-14-15(8-13)21-12(4)11(3)20-14/h6-8,10H,5,9H2,1-4H3,(H2,19,22,23,25)/t10-/m1/s1. The molecule has 0 radical (unpaired) electrons. The van der Waals surface area contributed by atoms with Crippen LogP contribution in [0.15, 0.2) is 18.2 Å². The topological polar surface area (TPSA) is 110 Å². The van der Waals surface area contributed by atoms with Gasteiger partial charge in [-0.05, 0) is 45.4 Å². The first kappa shape index (κ1) is 19.3. The molecular weight excluding hydrogens is 336 g/mol. The molecular formula is C18H22N4O4. The smallest absolute Gasteiger partial charge is 0.338 e. The van der Waals surface area contributed by atoms with Crippen molar-refractivity contribution in [2.45, 2.75) is 40.2 Å². The Hall–Kier alpha value is -3.03. The molecule has 0 aliphatic carbocycles. The molecule has 2 rings (SSSR count). The van der Waals surface area contributed by atoms with Gasteiger partial charge in [0.05, 0.1) is 28.0 Å². The lowest BCUT2D eigenvalue weighted by Gasteiger charge is -2.11. The molecule has 0 aliphatic rings. The average molecular weight is 358 g/mol. The van der Waals surface area contributed by atoms with Gasteiger partial charge in [0.15, 0.2) is 6.61 Å². The van der Waals surface area contributed by atoms with Gasteiger partial charge in [-0.15, -0.1) is 0 Å². The van der Waals surface area contributed by atoms with E-state index in [9.17, 15) is 14.4 Å². The molecule has 3 amide bonds. The number of aryl methyl sites for hydroxylation is 2. The third-order valence-corrected chi connectivity index (χ3v) is 3.89. The summed E-state index contributed by atoms with van der Waals surface area (Å²) in [6, 6.07) is 4.11. The number of benzene rings is 1. The van der Waals surface area contributed by atoms with E-state index >= 15 is 0 Å². The number of carbonyl (C=O) groups is 3. The maximum atomic E-state index is 12.1. The molecule has 0 aliphatic heterocycles. The number of hydrogen-bond acceptors (Lipinski definition) is 6. The molecule has 0 saturated heterocycles. The van der Waals surface area contributed by atoms with Crippen molar-refractivity contribution in [3.63, 3.8) is 0 Å². The zero-order valence-electron chi connectivity index (χ0n) is 15.3. The molecule has 26 heavy (non-hydrogen) atoms. The second kappa shape index (κ2) is 8.37. The lowest BCUT2D eigenvalue weighted by molar-refractivity contribution is -0.123. The molecule has 0 fully saturated rings. The third-order valence-electron chi connectivity index (χ3n) is 3.89. The molecule has 1 aromatic carbocycles. The number of ether oxygens (including phenoxy) is 1. The van der Waals surface area contributed by atoms with E-state index in [1.54, 1.807) is 18.2 Å². The van der Waals surface area contributed by atoms with Crippen molar-refractivity contribution in [1.82, 2.24) is 20.6 Å². The number of rotatable bonds is 5. The quantitative estimate of drug-likeness (QED) is 0.791. The first-order valence-electron chi connectivity index (χ1n) is 8.32. The largest absolute Gasteiger partial charge is 0.452 e. The summed E-state index contributed by atoms with van der Waals surface area (Å²) in [5.74, 6) is -1.38. The fourth-order valence-electron chi connectivity index (χ4n) is 2.10. The van der Waals surface area contributed by atoms with Crippen LogP contribution in [0.1, 0.15) is 42.0 Å². The van der Waals surface area contributed by atoms with Gasteiger partial charge in [-0.3, -0.25) is 10.1 Å². The number of carbonyl (C=O) groups excluding carboxylic acids is 3. The second-order valence-corrected chi connectivity index (χ2v) is 6.00. The summed E-state index contributed by atoms with van der Waals surface area (Å²) in [4.78, 5) is 44.1.